The summed E-state index contributed by atoms with van der Waals surface area (Å²) in [6.45, 7) is 5.62. The zero-order chi connectivity index (χ0) is 10.5. The number of hydrogen-bond acceptors (Lipinski definition) is 2. The minimum Gasteiger partial charge on any atom is -0.372 e. The van der Waals surface area contributed by atoms with Crippen molar-refractivity contribution < 1.29 is 0 Å². The Balaban J connectivity index is 1.81. The van der Waals surface area contributed by atoms with Crippen LogP contribution in [-0.2, 0) is 0 Å². The Morgan fingerprint density at radius 1 is 1.20 bits per heavy atom. The van der Waals surface area contributed by atoms with Crippen molar-refractivity contribution in [3.05, 3.63) is 29.8 Å². The first-order valence-corrected chi connectivity index (χ1v) is 5.87. The molecular formula is C13H20N2. The predicted octanol–water partition coefficient (Wildman–Crippen LogP) is 2.85. The van der Waals surface area contributed by atoms with Gasteiger partial charge in [0.05, 0.1) is 6.67 Å². The molecule has 0 unspecified atom stereocenters. The summed E-state index contributed by atoms with van der Waals surface area (Å²) in [5.74, 6) is 0. The Morgan fingerprint density at radius 2 is 2.00 bits per heavy atom. The Kier molecular flexibility index (Phi) is 3.62. The van der Waals surface area contributed by atoms with E-state index in [0.717, 1.165) is 6.67 Å². The number of hydrogen-bond donors (Lipinski definition) is 1. The zero-order valence-corrected chi connectivity index (χ0v) is 9.50. The molecule has 1 aliphatic rings. The van der Waals surface area contributed by atoms with Crippen molar-refractivity contribution in [3.8, 4) is 0 Å². The van der Waals surface area contributed by atoms with Gasteiger partial charge in [-0.1, -0.05) is 18.6 Å². The van der Waals surface area contributed by atoms with Gasteiger partial charge in [-0.05, 0) is 50.6 Å². The van der Waals surface area contributed by atoms with E-state index in [1.54, 1.807) is 0 Å². The van der Waals surface area contributed by atoms with Crippen LogP contribution in [0.25, 0.3) is 0 Å². The molecule has 0 radical (unpaired) electrons. The van der Waals surface area contributed by atoms with Gasteiger partial charge < -0.3 is 5.32 Å². The molecule has 1 aromatic carbocycles. The first-order chi connectivity index (χ1) is 7.34. The van der Waals surface area contributed by atoms with Crippen molar-refractivity contribution in [2.24, 2.45) is 0 Å². The van der Waals surface area contributed by atoms with Crippen LogP contribution < -0.4 is 5.32 Å². The highest BCUT2D eigenvalue weighted by atomic mass is 15.2. The van der Waals surface area contributed by atoms with E-state index in [1.807, 2.05) is 0 Å². The summed E-state index contributed by atoms with van der Waals surface area (Å²) < 4.78 is 0. The van der Waals surface area contributed by atoms with Crippen molar-refractivity contribution in [2.75, 3.05) is 25.1 Å². The van der Waals surface area contributed by atoms with Crippen LogP contribution in [0.4, 0.5) is 5.69 Å². The molecule has 1 N–H and O–H groups in total. The molecule has 0 spiro atoms. The van der Waals surface area contributed by atoms with Gasteiger partial charge in [0.15, 0.2) is 0 Å². The smallest absolute Gasteiger partial charge is 0.0678 e. The number of rotatable bonds is 3. The highest BCUT2D eigenvalue weighted by molar-refractivity contribution is 5.45. The zero-order valence-electron chi connectivity index (χ0n) is 9.50. The second-order valence-electron chi connectivity index (χ2n) is 4.38. The third kappa shape index (κ3) is 3.24. The highest BCUT2D eigenvalue weighted by Gasteiger charge is 2.08. The molecule has 2 rings (SSSR count). The molecule has 15 heavy (non-hydrogen) atoms. The first kappa shape index (κ1) is 10.5. The molecule has 1 saturated heterocycles. The van der Waals surface area contributed by atoms with Crippen LogP contribution in [0.3, 0.4) is 0 Å². The van der Waals surface area contributed by atoms with Crippen molar-refractivity contribution in [1.29, 1.82) is 0 Å². The van der Waals surface area contributed by atoms with Gasteiger partial charge in [-0.25, -0.2) is 0 Å². The minimum atomic E-state index is 0.990. The average molecular weight is 204 g/mol. The first-order valence-electron chi connectivity index (χ1n) is 5.87. The molecule has 1 heterocycles. The van der Waals surface area contributed by atoms with Crippen LogP contribution in [0.15, 0.2) is 24.3 Å². The van der Waals surface area contributed by atoms with E-state index in [0.29, 0.717) is 0 Å². The quantitative estimate of drug-likeness (QED) is 0.814. The van der Waals surface area contributed by atoms with Gasteiger partial charge in [-0.15, -0.1) is 0 Å². The Hall–Kier alpha value is -1.02. The van der Waals surface area contributed by atoms with Crippen molar-refractivity contribution in [1.82, 2.24) is 4.90 Å². The van der Waals surface area contributed by atoms with Gasteiger partial charge in [0.2, 0.25) is 0 Å². The van der Waals surface area contributed by atoms with Crippen LogP contribution in [-0.4, -0.2) is 24.7 Å². The minimum absolute atomic E-state index is 0.990. The topological polar surface area (TPSA) is 15.3 Å². The van der Waals surface area contributed by atoms with E-state index in [4.69, 9.17) is 0 Å². The predicted molar refractivity (Wildman–Crippen MR) is 65.1 cm³/mol. The van der Waals surface area contributed by atoms with Crippen LogP contribution in [0.5, 0.6) is 0 Å². The number of nitrogens with zero attached hydrogens (tertiary/aromatic N) is 1. The number of likely N-dealkylation sites (tertiary alicyclic amines) is 1. The van der Waals surface area contributed by atoms with Crippen LogP contribution in [0, 0.1) is 6.92 Å². The largest absolute Gasteiger partial charge is 0.372 e. The van der Waals surface area contributed by atoms with Gasteiger partial charge in [0.1, 0.15) is 0 Å². The van der Waals surface area contributed by atoms with Gasteiger partial charge in [0, 0.05) is 5.69 Å². The summed E-state index contributed by atoms with van der Waals surface area (Å²) in [6.07, 6.45) is 4.12. The molecule has 0 atom stereocenters. The number of piperidine rings is 1. The molecule has 0 amide bonds. The molecule has 0 aliphatic carbocycles. The fourth-order valence-corrected chi connectivity index (χ4v) is 2.08. The fourth-order valence-electron chi connectivity index (χ4n) is 2.08. The number of benzene rings is 1. The molecule has 1 aromatic rings. The molecular weight excluding hydrogens is 184 g/mol. The van der Waals surface area contributed by atoms with Crippen molar-refractivity contribution in [3.63, 3.8) is 0 Å². The number of anilines is 1. The third-order valence-electron chi connectivity index (χ3n) is 2.97. The lowest BCUT2D eigenvalue weighted by molar-refractivity contribution is 0.244. The molecule has 0 saturated carbocycles. The average Bonchev–Trinajstić information content (AvgIpc) is 2.28. The van der Waals surface area contributed by atoms with Crippen LogP contribution >= 0.6 is 0 Å². The molecule has 82 valence electrons. The normalized spacial score (nSPS) is 17.7. The lowest BCUT2D eigenvalue weighted by Crippen LogP contribution is -2.34. The Bertz CT molecular complexity index is 303. The SMILES string of the molecule is Cc1cccc(NCN2CCCCC2)c1. The Labute approximate surface area is 92.3 Å². The van der Waals surface area contributed by atoms with E-state index < -0.39 is 0 Å². The monoisotopic (exact) mass is 204 g/mol. The maximum absolute atomic E-state index is 3.48. The standard InChI is InChI=1S/C13H20N2/c1-12-6-5-7-13(10-12)14-11-15-8-3-2-4-9-15/h5-7,10,14H,2-4,8-9,11H2,1H3. The fraction of sp³-hybridized carbons (Fsp3) is 0.538. The van der Waals surface area contributed by atoms with E-state index >= 15 is 0 Å². The van der Waals surface area contributed by atoms with E-state index in [9.17, 15) is 0 Å². The summed E-state index contributed by atoms with van der Waals surface area (Å²) in [6, 6.07) is 8.57. The summed E-state index contributed by atoms with van der Waals surface area (Å²) in [7, 11) is 0. The molecule has 2 heteroatoms. The van der Waals surface area contributed by atoms with Crippen molar-refractivity contribution in [2.45, 2.75) is 26.2 Å². The van der Waals surface area contributed by atoms with Gasteiger partial charge in [0.25, 0.3) is 0 Å². The molecule has 0 bridgehead atoms. The van der Waals surface area contributed by atoms with Gasteiger partial charge in [-0.2, -0.15) is 0 Å². The molecule has 0 aromatic heterocycles. The number of aryl methyl sites for hydroxylation is 1. The van der Waals surface area contributed by atoms with E-state index in [1.165, 1.54) is 43.6 Å². The molecule has 1 aliphatic heterocycles. The van der Waals surface area contributed by atoms with Gasteiger partial charge >= 0.3 is 0 Å². The lowest BCUT2D eigenvalue weighted by Gasteiger charge is -2.26. The summed E-state index contributed by atoms with van der Waals surface area (Å²) in [4.78, 5) is 2.49. The van der Waals surface area contributed by atoms with Crippen molar-refractivity contribution >= 4 is 5.69 Å². The van der Waals surface area contributed by atoms with E-state index in [2.05, 4.69) is 41.4 Å². The lowest BCUT2D eigenvalue weighted by atomic mass is 10.1. The van der Waals surface area contributed by atoms with Crippen LogP contribution in [0.2, 0.25) is 0 Å². The number of nitrogens with one attached hydrogen (secondary N) is 1. The maximum atomic E-state index is 3.48. The summed E-state index contributed by atoms with van der Waals surface area (Å²) in [5, 5.41) is 3.48. The molecule has 2 nitrogen and oxygen atoms in total. The maximum Gasteiger partial charge on any atom is 0.0678 e. The molecule has 1 fully saturated rings. The summed E-state index contributed by atoms with van der Waals surface area (Å²) in [5.41, 5.74) is 2.55. The Morgan fingerprint density at radius 3 is 2.73 bits per heavy atom. The second-order valence-corrected chi connectivity index (χ2v) is 4.38. The third-order valence-corrected chi connectivity index (χ3v) is 2.97. The highest BCUT2D eigenvalue weighted by Crippen LogP contribution is 2.11. The van der Waals surface area contributed by atoms with Crippen LogP contribution in [0.1, 0.15) is 24.8 Å². The van der Waals surface area contributed by atoms with Gasteiger partial charge in [-0.3, -0.25) is 4.90 Å². The van der Waals surface area contributed by atoms with E-state index in [-0.39, 0.29) is 0 Å². The summed E-state index contributed by atoms with van der Waals surface area (Å²) >= 11 is 0. The second kappa shape index (κ2) is 5.17.